The van der Waals surface area contributed by atoms with Crippen LogP contribution >= 0.6 is 0 Å². The molecule has 200 valence electrons. The monoisotopic (exact) mass is 549 g/mol. The first-order valence-corrected chi connectivity index (χ1v) is 12.7. The van der Waals surface area contributed by atoms with Gasteiger partial charge in [-0.15, -0.1) is 5.10 Å². The first-order chi connectivity index (χ1) is 19.0. The number of piperidine rings is 1. The maximum atomic E-state index is 14.3. The minimum atomic E-state index is -1.05. The Bertz CT molecular complexity index is 1510. The summed E-state index contributed by atoms with van der Waals surface area (Å²) in [7, 11) is 3.10. The predicted octanol–water partition coefficient (Wildman–Crippen LogP) is 3.10. The summed E-state index contributed by atoms with van der Waals surface area (Å²) in [6.45, 7) is 1.27. The van der Waals surface area contributed by atoms with Gasteiger partial charge in [0.05, 0.1) is 25.3 Å². The van der Waals surface area contributed by atoms with Crippen LogP contribution in [0.4, 0.5) is 0 Å². The maximum absolute atomic E-state index is 14.3. The van der Waals surface area contributed by atoms with Crippen molar-refractivity contribution in [2.75, 3.05) is 27.3 Å². The molecule has 2 aliphatic heterocycles. The number of nitrogens with zero attached hydrogens (tertiary/aromatic N) is 3. The Labute approximate surface area is 253 Å². The van der Waals surface area contributed by atoms with Gasteiger partial charge in [-0.1, -0.05) is 30.3 Å². The van der Waals surface area contributed by atoms with Crippen LogP contribution in [0.15, 0.2) is 60.7 Å². The molecule has 2 aliphatic rings. The van der Waals surface area contributed by atoms with E-state index in [2.05, 4.69) is 25.9 Å². The second kappa shape index (κ2) is 11.5. The number of hydrogen-bond acceptors (Lipinski definition) is 9. The van der Waals surface area contributed by atoms with Crippen molar-refractivity contribution in [2.24, 2.45) is 5.92 Å². The first-order valence-electron chi connectivity index (χ1n) is 12.7. The van der Waals surface area contributed by atoms with E-state index in [1.807, 2.05) is 30.3 Å². The average molecular weight is 550 g/mol. The van der Waals surface area contributed by atoms with Gasteiger partial charge in [-0.05, 0) is 59.4 Å². The molecule has 0 bridgehead atoms. The summed E-state index contributed by atoms with van der Waals surface area (Å²) in [5, 5.41) is 17.2. The van der Waals surface area contributed by atoms with E-state index < -0.39 is 11.5 Å². The van der Waals surface area contributed by atoms with Crippen LogP contribution in [0.25, 0.3) is 22.5 Å². The Morgan fingerprint density at radius 1 is 0.975 bits per heavy atom. The number of hydrogen-bond donors (Lipinski definition) is 2. The number of tetrazole rings is 1. The standard InChI is InChI=1S/C29H27N5O5.Na.H/c1-37-22-15-19(16-23(38-2)24(22)17-6-4-3-5-7-17)26(35)25-27(36)20-14-18(28-31-33-34-32-28)8-9-21(20)39-29(25)10-12-30-13-11-29;;/h3-9,14-16,25,30H,10-13H2,1-2H3,(H,31,32,33,34);;. The van der Waals surface area contributed by atoms with Crippen LogP contribution in [0.5, 0.6) is 17.2 Å². The van der Waals surface area contributed by atoms with Crippen molar-refractivity contribution < 1.29 is 23.8 Å². The molecule has 1 saturated heterocycles. The van der Waals surface area contributed by atoms with Gasteiger partial charge in [0, 0.05) is 24.0 Å². The number of nitrogens with one attached hydrogen (secondary N) is 2. The van der Waals surface area contributed by atoms with E-state index >= 15 is 0 Å². The summed E-state index contributed by atoms with van der Waals surface area (Å²) in [6.07, 6.45) is 1.03. The van der Waals surface area contributed by atoms with Crippen LogP contribution in [0.2, 0.25) is 0 Å². The van der Waals surface area contributed by atoms with Crippen LogP contribution in [0.3, 0.4) is 0 Å². The fourth-order valence-electron chi connectivity index (χ4n) is 5.62. The normalized spacial score (nSPS) is 17.4. The van der Waals surface area contributed by atoms with Crippen molar-refractivity contribution in [2.45, 2.75) is 18.4 Å². The number of fused-ring (bicyclic) bond motifs is 1. The molecule has 6 rings (SSSR count). The minimum absolute atomic E-state index is 0. The number of ketones is 2. The van der Waals surface area contributed by atoms with Crippen molar-refractivity contribution >= 4 is 41.1 Å². The van der Waals surface area contributed by atoms with Crippen LogP contribution < -0.4 is 19.5 Å². The molecule has 3 heterocycles. The molecular formula is C29H28N5NaO5. The summed E-state index contributed by atoms with van der Waals surface area (Å²) in [5.41, 5.74) is 1.92. The summed E-state index contributed by atoms with van der Waals surface area (Å²) < 4.78 is 18.0. The number of Topliss-reactive ketones (excluding diaryl/α,β-unsaturated/α-hetero) is 2. The molecule has 11 heteroatoms. The van der Waals surface area contributed by atoms with Gasteiger partial charge in [0.15, 0.2) is 17.4 Å². The molecule has 0 amide bonds. The van der Waals surface area contributed by atoms with E-state index in [4.69, 9.17) is 14.2 Å². The molecule has 4 aromatic rings. The quantitative estimate of drug-likeness (QED) is 0.212. The summed E-state index contributed by atoms with van der Waals surface area (Å²) in [6, 6.07) is 18.2. The number of carbonyl (C=O) groups excluding carboxylic acids is 2. The van der Waals surface area contributed by atoms with Gasteiger partial charge < -0.3 is 19.5 Å². The molecule has 40 heavy (non-hydrogen) atoms. The molecule has 10 nitrogen and oxygen atoms in total. The number of carbonyl (C=O) groups is 2. The van der Waals surface area contributed by atoms with Crippen molar-refractivity contribution in [1.29, 1.82) is 0 Å². The fraction of sp³-hybridized carbons (Fsp3) is 0.276. The molecule has 0 aliphatic carbocycles. The number of H-pyrrole nitrogens is 1. The summed E-state index contributed by atoms with van der Waals surface area (Å²) in [5.74, 6) is 0.157. The number of benzene rings is 3. The molecule has 1 fully saturated rings. The van der Waals surface area contributed by atoms with Crippen LogP contribution in [0, 0.1) is 5.92 Å². The van der Waals surface area contributed by atoms with E-state index in [0.717, 1.165) is 11.1 Å². The van der Waals surface area contributed by atoms with Crippen molar-refractivity contribution in [3.05, 3.63) is 71.8 Å². The summed E-state index contributed by atoms with van der Waals surface area (Å²) >= 11 is 0. The number of aromatic nitrogens is 4. The van der Waals surface area contributed by atoms with E-state index in [1.54, 1.807) is 44.6 Å². The molecule has 3 aromatic carbocycles. The van der Waals surface area contributed by atoms with Gasteiger partial charge in [0.2, 0.25) is 0 Å². The third kappa shape index (κ3) is 4.81. The average Bonchev–Trinajstić information content (AvgIpc) is 3.52. The number of ether oxygens (including phenoxy) is 3. The van der Waals surface area contributed by atoms with Gasteiger partial charge in [-0.2, -0.15) is 0 Å². The van der Waals surface area contributed by atoms with E-state index in [0.29, 0.717) is 65.7 Å². The Kier molecular flexibility index (Phi) is 8.04. The first kappa shape index (κ1) is 28.0. The van der Waals surface area contributed by atoms with Crippen molar-refractivity contribution in [3.8, 4) is 39.8 Å². The Hall–Kier alpha value is -3.57. The number of aromatic amines is 1. The SMILES string of the molecule is COc1cc(C(=O)C2C(=O)c3cc(-c4nnn[nH]4)ccc3OC23CCNCC3)cc(OC)c1-c1ccccc1.[NaH]. The molecule has 1 unspecified atom stereocenters. The number of rotatable bonds is 6. The third-order valence-electron chi connectivity index (χ3n) is 7.53. The Morgan fingerprint density at radius 3 is 2.30 bits per heavy atom. The molecule has 1 atom stereocenters. The van der Waals surface area contributed by atoms with Crippen LogP contribution in [0.1, 0.15) is 33.6 Å². The van der Waals surface area contributed by atoms with E-state index in [1.165, 1.54) is 0 Å². The summed E-state index contributed by atoms with van der Waals surface area (Å²) in [4.78, 5) is 28.5. The molecule has 1 aromatic heterocycles. The van der Waals surface area contributed by atoms with E-state index in [9.17, 15) is 9.59 Å². The molecular weight excluding hydrogens is 521 g/mol. The van der Waals surface area contributed by atoms with Gasteiger partial charge >= 0.3 is 29.6 Å². The third-order valence-corrected chi connectivity index (χ3v) is 7.53. The number of methoxy groups -OCH3 is 2. The fourth-order valence-corrected chi connectivity index (χ4v) is 5.62. The Morgan fingerprint density at radius 2 is 1.68 bits per heavy atom. The topological polar surface area (TPSA) is 128 Å². The van der Waals surface area contributed by atoms with E-state index in [-0.39, 0.29) is 41.1 Å². The second-order valence-corrected chi connectivity index (χ2v) is 9.66. The van der Waals surface area contributed by atoms with Crippen LogP contribution in [-0.4, -0.2) is 94.7 Å². The van der Waals surface area contributed by atoms with Gasteiger partial charge in [-0.3, -0.25) is 9.59 Å². The molecule has 0 radical (unpaired) electrons. The molecule has 1 spiro atoms. The molecule has 0 saturated carbocycles. The van der Waals surface area contributed by atoms with Crippen molar-refractivity contribution in [3.63, 3.8) is 0 Å². The van der Waals surface area contributed by atoms with Gasteiger partial charge in [0.25, 0.3) is 0 Å². The Balaban J connectivity index is 0.00000323. The van der Waals surface area contributed by atoms with Crippen LogP contribution in [-0.2, 0) is 0 Å². The zero-order chi connectivity index (χ0) is 27.0. The van der Waals surface area contributed by atoms with Crippen molar-refractivity contribution in [1.82, 2.24) is 25.9 Å². The second-order valence-electron chi connectivity index (χ2n) is 9.66. The predicted molar refractivity (Wildman–Crippen MR) is 149 cm³/mol. The zero-order valence-corrected chi connectivity index (χ0v) is 21.6. The molecule has 2 N–H and O–H groups in total. The van der Waals surface area contributed by atoms with Gasteiger partial charge in [-0.25, -0.2) is 5.10 Å². The zero-order valence-electron chi connectivity index (χ0n) is 21.6. The van der Waals surface area contributed by atoms with Gasteiger partial charge in [0.1, 0.15) is 28.8 Å².